The predicted octanol–water partition coefficient (Wildman–Crippen LogP) is 5.16. The van der Waals surface area contributed by atoms with Crippen LogP contribution in [0.4, 0.5) is 5.69 Å². The predicted molar refractivity (Wildman–Crippen MR) is 128 cm³/mol. The standard InChI is InChI=1S/C27H22N2O3S/c30-27-25(21-13-5-1-6-14-21)29(33(31,32)24-19-11-4-12-20-24)26(22-15-7-2-8-16-22)28(27)23-17-9-3-10-18-23/h1-20,25-26H/t25-,26-/m1/s1. The highest BCUT2D eigenvalue weighted by atomic mass is 32.2. The molecular weight excluding hydrogens is 432 g/mol. The Labute approximate surface area is 193 Å². The van der Waals surface area contributed by atoms with E-state index in [9.17, 15) is 13.2 Å². The molecule has 1 aliphatic heterocycles. The molecule has 1 saturated heterocycles. The number of hydrogen-bond donors (Lipinski definition) is 0. The molecule has 1 fully saturated rings. The molecule has 0 radical (unpaired) electrons. The fourth-order valence-electron chi connectivity index (χ4n) is 4.30. The van der Waals surface area contributed by atoms with Gasteiger partial charge in [0.25, 0.3) is 5.91 Å². The van der Waals surface area contributed by atoms with Crippen molar-refractivity contribution in [1.82, 2.24) is 4.31 Å². The van der Waals surface area contributed by atoms with Crippen LogP contribution in [0.1, 0.15) is 23.3 Å². The van der Waals surface area contributed by atoms with Crippen LogP contribution in [0.25, 0.3) is 0 Å². The molecule has 0 aliphatic carbocycles. The van der Waals surface area contributed by atoms with Crippen molar-refractivity contribution in [3.05, 3.63) is 132 Å². The third kappa shape index (κ3) is 3.73. The van der Waals surface area contributed by atoms with Crippen molar-refractivity contribution in [3.8, 4) is 0 Å². The molecule has 4 aromatic carbocycles. The third-order valence-corrected chi connectivity index (χ3v) is 7.61. The first-order valence-corrected chi connectivity index (χ1v) is 12.1. The van der Waals surface area contributed by atoms with Gasteiger partial charge in [0, 0.05) is 5.69 Å². The summed E-state index contributed by atoms with van der Waals surface area (Å²) in [6, 6.07) is 34.9. The molecule has 0 unspecified atom stereocenters. The highest BCUT2D eigenvalue weighted by Gasteiger charge is 2.53. The average Bonchev–Trinajstić information content (AvgIpc) is 3.20. The number of nitrogens with zero attached hydrogens (tertiary/aromatic N) is 2. The molecule has 2 atom stereocenters. The summed E-state index contributed by atoms with van der Waals surface area (Å²) in [6.45, 7) is 0. The fourth-order valence-corrected chi connectivity index (χ4v) is 6.02. The number of carbonyl (C=O) groups is 1. The summed E-state index contributed by atoms with van der Waals surface area (Å²) in [5, 5.41) is 0. The van der Waals surface area contributed by atoms with Gasteiger partial charge in [0.2, 0.25) is 10.0 Å². The Bertz CT molecular complexity index is 1350. The zero-order chi connectivity index (χ0) is 22.8. The van der Waals surface area contributed by atoms with Crippen LogP contribution in [0.15, 0.2) is 126 Å². The van der Waals surface area contributed by atoms with E-state index < -0.39 is 22.2 Å². The van der Waals surface area contributed by atoms with Crippen LogP contribution in [0.2, 0.25) is 0 Å². The summed E-state index contributed by atoms with van der Waals surface area (Å²) in [7, 11) is -4.04. The van der Waals surface area contributed by atoms with Gasteiger partial charge in [-0.05, 0) is 35.4 Å². The van der Waals surface area contributed by atoms with Crippen LogP contribution in [-0.4, -0.2) is 18.6 Å². The van der Waals surface area contributed by atoms with Gasteiger partial charge in [-0.1, -0.05) is 97.1 Å². The highest BCUT2D eigenvalue weighted by Crippen LogP contribution is 2.47. The van der Waals surface area contributed by atoms with Gasteiger partial charge in [-0.3, -0.25) is 9.69 Å². The molecule has 5 nitrogen and oxygen atoms in total. The summed E-state index contributed by atoms with van der Waals surface area (Å²) >= 11 is 0. The second-order valence-electron chi connectivity index (χ2n) is 7.79. The van der Waals surface area contributed by atoms with Crippen molar-refractivity contribution < 1.29 is 13.2 Å². The molecular formula is C27H22N2O3S. The molecule has 0 saturated carbocycles. The van der Waals surface area contributed by atoms with Crippen LogP contribution in [-0.2, 0) is 14.8 Å². The van der Waals surface area contributed by atoms with Gasteiger partial charge in [-0.25, -0.2) is 8.42 Å². The van der Waals surface area contributed by atoms with E-state index in [1.165, 1.54) is 4.31 Å². The lowest BCUT2D eigenvalue weighted by atomic mass is 10.1. The SMILES string of the molecule is O=C1[C@@H](c2ccccc2)N(S(=O)(=O)c2ccccc2)[C@H](c2ccccc2)N1c1ccccc1. The lowest BCUT2D eigenvalue weighted by Gasteiger charge is -2.31. The van der Waals surface area contributed by atoms with Gasteiger partial charge >= 0.3 is 0 Å². The van der Waals surface area contributed by atoms with E-state index in [0.29, 0.717) is 16.8 Å². The Morgan fingerprint density at radius 1 is 0.576 bits per heavy atom. The largest absolute Gasteiger partial charge is 0.289 e. The van der Waals surface area contributed by atoms with E-state index >= 15 is 0 Å². The molecule has 0 bridgehead atoms. The van der Waals surface area contributed by atoms with E-state index in [2.05, 4.69) is 0 Å². The zero-order valence-corrected chi connectivity index (χ0v) is 18.5. The van der Waals surface area contributed by atoms with Crippen molar-refractivity contribution in [2.75, 3.05) is 4.90 Å². The van der Waals surface area contributed by atoms with Gasteiger partial charge in [0.15, 0.2) is 0 Å². The summed E-state index contributed by atoms with van der Waals surface area (Å²) in [4.78, 5) is 15.7. The Hall–Kier alpha value is -3.74. The smallest absolute Gasteiger partial charge is 0.251 e. The molecule has 1 aliphatic rings. The monoisotopic (exact) mass is 454 g/mol. The number of benzene rings is 4. The molecule has 0 spiro atoms. The van der Waals surface area contributed by atoms with Gasteiger partial charge in [0.05, 0.1) is 4.90 Å². The van der Waals surface area contributed by atoms with E-state index in [0.717, 1.165) is 0 Å². The number of rotatable bonds is 5. The number of anilines is 1. The number of sulfonamides is 1. The molecule has 1 amide bonds. The van der Waals surface area contributed by atoms with E-state index in [1.807, 2.05) is 78.9 Å². The van der Waals surface area contributed by atoms with Gasteiger partial charge in [0.1, 0.15) is 12.2 Å². The first kappa shape index (κ1) is 21.1. The van der Waals surface area contributed by atoms with Crippen LogP contribution >= 0.6 is 0 Å². The van der Waals surface area contributed by atoms with Gasteiger partial charge < -0.3 is 0 Å². The van der Waals surface area contributed by atoms with Crippen molar-refractivity contribution in [3.63, 3.8) is 0 Å². The quantitative estimate of drug-likeness (QED) is 0.418. The second kappa shape index (κ2) is 8.65. The lowest BCUT2D eigenvalue weighted by molar-refractivity contribution is -0.119. The minimum absolute atomic E-state index is 0.148. The summed E-state index contributed by atoms with van der Waals surface area (Å²) in [5.41, 5.74) is 1.98. The first-order chi connectivity index (χ1) is 16.1. The summed E-state index contributed by atoms with van der Waals surface area (Å²) in [5.74, 6) is -0.291. The van der Waals surface area contributed by atoms with Gasteiger partial charge in [-0.15, -0.1) is 0 Å². The number of para-hydroxylation sites is 1. The van der Waals surface area contributed by atoms with Crippen molar-refractivity contribution in [1.29, 1.82) is 0 Å². The highest BCUT2D eigenvalue weighted by molar-refractivity contribution is 7.89. The fraction of sp³-hybridized carbons (Fsp3) is 0.0741. The van der Waals surface area contributed by atoms with Crippen molar-refractivity contribution >= 4 is 21.6 Å². The van der Waals surface area contributed by atoms with Crippen LogP contribution in [0.3, 0.4) is 0 Å². The van der Waals surface area contributed by atoms with E-state index in [-0.39, 0.29) is 10.8 Å². The second-order valence-corrected chi connectivity index (χ2v) is 9.63. The van der Waals surface area contributed by atoms with Gasteiger partial charge in [-0.2, -0.15) is 4.31 Å². The Morgan fingerprint density at radius 2 is 1.03 bits per heavy atom. The van der Waals surface area contributed by atoms with Crippen molar-refractivity contribution in [2.45, 2.75) is 17.1 Å². The zero-order valence-electron chi connectivity index (χ0n) is 17.7. The van der Waals surface area contributed by atoms with Crippen LogP contribution in [0.5, 0.6) is 0 Å². The van der Waals surface area contributed by atoms with Crippen LogP contribution < -0.4 is 4.90 Å². The molecule has 6 heteroatoms. The number of amides is 1. The Morgan fingerprint density at radius 3 is 1.58 bits per heavy atom. The molecule has 5 rings (SSSR count). The Kier molecular flexibility index (Phi) is 5.54. The molecule has 0 N–H and O–H groups in total. The lowest BCUT2D eigenvalue weighted by Crippen LogP contribution is -2.36. The normalized spacial score (nSPS) is 19.0. The molecule has 4 aromatic rings. The Balaban J connectivity index is 1.78. The maximum absolute atomic E-state index is 14.1. The topological polar surface area (TPSA) is 57.7 Å². The minimum Gasteiger partial charge on any atom is -0.289 e. The number of carbonyl (C=O) groups excluding carboxylic acids is 1. The molecule has 33 heavy (non-hydrogen) atoms. The minimum atomic E-state index is -4.04. The third-order valence-electron chi connectivity index (χ3n) is 5.78. The van der Waals surface area contributed by atoms with E-state index in [4.69, 9.17) is 0 Å². The maximum Gasteiger partial charge on any atom is 0.251 e. The molecule has 1 heterocycles. The summed E-state index contributed by atoms with van der Waals surface area (Å²) in [6.07, 6.45) is -0.837. The maximum atomic E-state index is 14.1. The average molecular weight is 455 g/mol. The first-order valence-electron chi connectivity index (χ1n) is 10.7. The van der Waals surface area contributed by atoms with E-state index in [1.54, 1.807) is 47.4 Å². The molecule has 164 valence electrons. The molecule has 0 aromatic heterocycles. The summed E-state index contributed by atoms with van der Waals surface area (Å²) < 4.78 is 29.5. The van der Waals surface area contributed by atoms with Crippen LogP contribution in [0, 0.1) is 0 Å². The van der Waals surface area contributed by atoms with Crippen molar-refractivity contribution in [2.24, 2.45) is 0 Å². The number of hydrogen-bond acceptors (Lipinski definition) is 3.